The predicted octanol–water partition coefficient (Wildman–Crippen LogP) is 1.65. The van der Waals surface area contributed by atoms with Crippen LogP contribution in [0.4, 0.5) is 0 Å². The molecule has 0 saturated heterocycles. The van der Waals surface area contributed by atoms with E-state index < -0.39 is 0 Å². The first-order valence-electron chi connectivity index (χ1n) is 3.31. The van der Waals surface area contributed by atoms with Crippen molar-refractivity contribution in [1.82, 2.24) is 0 Å². The first-order chi connectivity index (χ1) is 4.16. The largest absolute Gasteiger partial charge is 0.356 e. The summed E-state index contributed by atoms with van der Waals surface area (Å²) in [6.45, 7) is 6.89. The van der Waals surface area contributed by atoms with E-state index in [1.165, 1.54) is 0 Å². The van der Waals surface area contributed by atoms with E-state index in [0.717, 1.165) is 6.61 Å². The molecule has 2 nitrogen and oxygen atoms in total. The van der Waals surface area contributed by atoms with Crippen LogP contribution in [0.2, 0.25) is 0 Å². The molecule has 0 aliphatic rings. The Bertz CT molecular complexity index is 61.9. The van der Waals surface area contributed by atoms with Crippen molar-refractivity contribution in [2.45, 2.75) is 27.1 Å². The van der Waals surface area contributed by atoms with E-state index in [1.54, 1.807) is 7.11 Å². The summed E-state index contributed by atoms with van der Waals surface area (Å²) in [6.07, 6.45) is -0.0626. The highest BCUT2D eigenvalue weighted by molar-refractivity contribution is 4.39. The van der Waals surface area contributed by atoms with Gasteiger partial charge in [-0.25, -0.2) is 0 Å². The lowest BCUT2D eigenvalue weighted by atomic mass is 10.2. The van der Waals surface area contributed by atoms with Gasteiger partial charge in [-0.1, -0.05) is 13.8 Å². The van der Waals surface area contributed by atoms with Gasteiger partial charge < -0.3 is 9.47 Å². The monoisotopic (exact) mass is 132 g/mol. The molecule has 1 atom stereocenters. The summed E-state index contributed by atoms with van der Waals surface area (Å²) in [5.74, 6) is 0.586. The number of hydrogen-bond donors (Lipinski definition) is 0. The molecule has 0 radical (unpaired) electrons. The highest BCUT2D eigenvalue weighted by Crippen LogP contribution is 1.96. The zero-order valence-corrected chi connectivity index (χ0v) is 6.68. The zero-order chi connectivity index (χ0) is 7.28. The predicted molar refractivity (Wildman–Crippen MR) is 37.3 cm³/mol. The quantitative estimate of drug-likeness (QED) is 0.541. The van der Waals surface area contributed by atoms with Crippen LogP contribution in [0.3, 0.4) is 0 Å². The van der Waals surface area contributed by atoms with Crippen LogP contribution < -0.4 is 0 Å². The van der Waals surface area contributed by atoms with Gasteiger partial charge in [-0.2, -0.15) is 0 Å². The molecule has 0 aliphatic heterocycles. The maximum Gasteiger partial charge on any atom is 0.154 e. The number of hydrogen-bond acceptors (Lipinski definition) is 2. The van der Waals surface area contributed by atoms with Gasteiger partial charge in [-0.05, 0) is 12.8 Å². The van der Waals surface area contributed by atoms with E-state index in [9.17, 15) is 0 Å². The van der Waals surface area contributed by atoms with Crippen molar-refractivity contribution in [2.24, 2.45) is 5.92 Å². The van der Waals surface area contributed by atoms with Crippen molar-refractivity contribution in [3.8, 4) is 0 Å². The molecule has 0 saturated carbocycles. The maximum atomic E-state index is 5.23. The Balaban J connectivity index is 3.06. The van der Waals surface area contributed by atoms with Crippen LogP contribution in [0, 0.1) is 5.92 Å². The number of ether oxygens (including phenoxy) is 2. The summed E-state index contributed by atoms with van der Waals surface area (Å²) in [7, 11) is 1.64. The van der Waals surface area contributed by atoms with Crippen molar-refractivity contribution in [3.05, 3.63) is 0 Å². The molecular weight excluding hydrogens is 116 g/mol. The molecular formula is C7H16O2. The average Bonchev–Trinajstić information content (AvgIpc) is 1.83. The molecule has 0 aromatic carbocycles. The average molecular weight is 132 g/mol. The van der Waals surface area contributed by atoms with Crippen LogP contribution in [0.25, 0.3) is 0 Å². The third-order valence-electron chi connectivity index (χ3n) is 0.996. The fourth-order valence-corrected chi connectivity index (χ4v) is 0.396. The summed E-state index contributed by atoms with van der Waals surface area (Å²) in [5.41, 5.74) is 0. The third kappa shape index (κ3) is 5.80. The van der Waals surface area contributed by atoms with E-state index in [4.69, 9.17) is 9.47 Å². The zero-order valence-electron chi connectivity index (χ0n) is 6.68. The standard InChI is InChI=1S/C7H16O2/c1-6(2)5-9-7(3)8-4/h6-7H,5H2,1-4H3/t7-/m1/s1. The minimum absolute atomic E-state index is 0.0626. The molecule has 0 rings (SSSR count). The summed E-state index contributed by atoms with van der Waals surface area (Å²) in [6, 6.07) is 0. The van der Waals surface area contributed by atoms with E-state index >= 15 is 0 Å². The summed E-state index contributed by atoms with van der Waals surface area (Å²) >= 11 is 0. The topological polar surface area (TPSA) is 18.5 Å². The third-order valence-corrected chi connectivity index (χ3v) is 0.996. The van der Waals surface area contributed by atoms with Crippen LogP contribution >= 0.6 is 0 Å². The van der Waals surface area contributed by atoms with Crippen molar-refractivity contribution in [1.29, 1.82) is 0 Å². The van der Waals surface area contributed by atoms with Crippen molar-refractivity contribution in [2.75, 3.05) is 13.7 Å². The van der Waals surface area contributed by atoms with Gasteiger partial charge in [0.15, 0.2) is 6.29 Å². The molecule has 2 heteroatoms. The van der Waals surface area contributed by atoms with Crippen molar-refractivity contribution in [3.63, 3.8) is 0 Å². The lowest BCUT2D eigenvalue weighted by Crippen LogP contribution is -2.13. The highest BCUT2D eigenvalue weighted by atomic mass is 16.7. The maximum absolute atomic E-state index is 5.23. The van der Waals surface area contributed by atoms with Crippen LogP contribution in [0.15, 0.2) is 0 Å². The molecule has 9 heavy (non-hydrogen) atoms. The normalized spacial score (nSPS) is 14.3. The second-order valence-corrected chi connectivity index (χ2v) is 2.53. The molecule has 0 aromatic rings. The van der Waals surface area contributed by atoms with E-state index in [2.05, 4.69) is 13.8 Å². The Morgan fingerprint density at radius 3 is 2.11 bits per heavy atom. The van der Waals surface area contributed by atoms with Gasteiger partial charge in [0, 0.05) is 7.11 Å². The SMILES string of the molecule is CO[C@@H](C)OCC(C)C. The van der Waals surface area contributed by atoms with Crippen molar-refractivity contribution >= 4 is 0 Å². The lowest BCUT2D eigenvalue weighted by Gasteiger charge is -2.11. The van der Waals surface area contributed by atoms with Crippen LogP contribution in [-0.2, 0) is 9.47 Å². The molecule has 0 N–H and O–H groups in total. The van der Waals surface area contributed by atoms with E-state index in [-0.39, 0.29) is 6.29 Å². The molecule has 0 heterocycles. The number of rotatable bonds is 4. The number of methoxy groups -OCH3 is 1. The molecule has 0 unspecified atom stereocenters. The van der Waals surface area contributed by atoms with Crippen LogP contribution in [0.5, 0.6) is 0 Å². The van der Waals surface area contributed by atoms with Crippen LogP contribution in [0.1, 0.15) is 20.8 Å². The van der Waals surface area contributed by atoms with Gasteiger partial charge >= 0.3 is 0 Å². The van der Waals surface area contributed by atoms with E-state index in [1.807, 2.05) is 6.92 Å². The minimum Gasteiger partial charge on any atom is -0.356 e. The smallest absolute Gasteiger partial charge is 0.154 e. The summed E-state index contributed by atoms with van der Waals surface area (Å²) in [5, 5.41) is 0. The fraction of sp³-hybridized carbons (Fsp3) is 1.00. The Labute approximate surface area is 57.2 Å². The summed E-state index contributed by atoms with van der Waals surface area (Å²) in [4.78, 5) is 0. The Kier molecular flexibility index (Phi) is 4.72. The molecule has 0 bridgehead atoms. The molecule has 0 aromatic heterocycles. The van der Waals surface area contributed by atoms with Crippen LogP contribution in [-0.4, -0.2) is 20.0 Å². The first kappa shape index (κ1) is 8.92. The second-order valence-electron chi connectivity index (χ2n) is 2.53. The fourth-order valence-electron chi connectivity index (χ4n) is 0.396. The molecule has 56 valence electrons. The van der Waals surface area contributed by atoms with Crippen molar-refractivity contribution < 1.29 is 9.47 Å². The molecule has 0 aliphatic carbocycles. The summed E-state index contributed by atoms with van der Waals surface area (Å²) < 4.78 is 10.1. The van der Waals surface area contributed by atoms with E-state index in [0.29, 0.717) is 5.92 Å². The van der Waals surface area contributed by atoms with Gasteiger partial charge in [-0.3, -0.25) is 0 Å². The van der Waals surface area contributed by atoms with Gasteiger partial charge in [0.2, 0.25) is 0 Å². The van der Waals surface area contributed by atoms with Gasteiger partial charge in [0.1, 0.15) is 0 Å². The molecule has 0 amide bonds. The first-order valence-corrected chi connectivity index (χ1v) is 3.31. The minimum atomic E-state index is -0.0626. The Hall–Kier alpha value is -0.0800. The lowest BCUT2D eigenvalue weighted by molar-refractivity contribution is -0.117. The Morgan fingerprint density at radius 2 is 1.78 bits per heavy atom. The highest BCUT2D eigenvalue weighted by Gasteiger charge is 1.99. The molecule has 0 fully saturated rings. The second kappa shape index (κ2) is 4.77. The molecule has 0 spiro atoms. The van der Waals surface area contributed by atoms with Gasteiger partial charge in [-0.15, -0.1) is 0 Å². The Morgan fingerprint density at radius 1 is 1.22 bits per heavy atom. The van der Waals surface area contributed by atoms with Gasteiger partial charge in [0.05, 0.1) is 6.61 Å². The van der Waals surface area contributed by atoms with Gasteiger partial charge in [0.25, 0.3) is 0 Å².